The monoisotopic (exact) mass is 286 g/mol. The van der Waals surface area contributed by atoms with Crippen LogP contribution in [0.2, 0.25) is 0 Å². The summed E-state index contributed by atoms with van der Waals surface area (Å²) in [4.78, 5) is 26.0. The molecule has 1 amide bonds. The Hall–Kier alpha value is -2.56. The number of hydrogen-bond acceptors (Lipinski definition) is 3. The van der Waals surface area contributed by atoms with Crippen LogP contribution < -0.4 is 10.9 Å². The Bertz CT molecular complexity index is 682. The van der Waals surface area contributed by atoms with E-state index in [-0.39, 0.29) is 5.56 Å². The molecule has 110 valence electrons. The van der Waals surface area contributed by atoms with Crippen LogP contribution in [0, 0.1) is 0 Å². The van der Waals surface area contributed by atoms with Crippen LogP contribution in [-0.4, -0.2) is 16.7 Å². The Morgan fingerprint density at radius 1 is 1.14 bits per heavy atom. The summed E-state index contributed by atoms with van der Waals surface area (Å²) in [5.74, 6) is 0. The number of aromatic amines is 1. The molecule has 0 aliphatic carbocycles. The summed E-state index contributed by atoms with van der Waals surface area (Å²) >= 11 is 0. The fourth-order valence-electron chi connectivity index (χ4n) is 1.80. The van der Waals surface area contributed by atoms with Crippen LogP contribution in [0.5, 0.6) is 0 Å². The van der Waals surface area contributed by atoms with Crippen molar-refractivity contribution in [3.8, 4) is 11.1 Å². The highest BCUT2D eigenvalue weighted by Gasteiger charge is 2.16. The SMILES string of the molecule is CC(C)(C)OC(=O)Nc1ccc(-c2ccc[nH]c2=O)cc1. The van der Waals surface area contributed by atoms with Crippen LogP contribution in [0.15, 0.2) is 47.4 Å². The summed E-state index contributed by atoms with van der Waals surface area (Å²) < 4.78 is 5.17. The maximum absolute atomic E-state index is 11.7. The van der Waals surface area contributed by atoms with Gasteiger partial charge in [0.2, 0.25) is 0 Å². The van der Waals surface area contributed by atoms with Crippen LogP contribution in [0.3, 0.4) is 0 Å². The first-order valence-electron chi connectivity index (χ1n) is 6.63. The van der Waals surface area contributed by atoms with Gasteiger partial charge in [0.1, 0.15) is 5.60 Å². The van der Waals surface area contributed by atoms with Crippen LogP contribution in [0.1, 0.15) is 20.8 Å². The molecular formula is C16H18N2O3. The molecule has 5 nitrogen and oxygen atoms in total. The fraction of sp³-hybridized carbons (Fsp3) is 0.250. The summed E-state index contributed by atoms with van der Waals surface area (Å²) in [5, 5.41) is 2.64. The lowest BCUT2D eigenvalue weighted by molar-refractivity contribution is 0.0636. The quantitative estimate of drug-likeness (QED) is 0.889. The summed E-state index contributed by atoms with van der Waals surface area (Å²) in [6.07, 6.45) is 1.08. The van der Waals surface area contributed by atoms with E-state index in [4.69, 9.17) is 4.74 Å². The molecule has 0 saturated heterocycles. The van der Waals surface area contributed by atoms with Crippen LogP contribution in [0.25, 0.3) is 11.1 Å². The van der Waals surface area contributed by atoms with Crippen molar-refractivity contribution in [1.82, 2.24) is 4.98 Å². The third kappa shape index (κ3) is 4.21. The lowest BCUT2D eigenvalue weighted by Crippen LogP contribution is -2.27. The molecule has 2 rings (SSSR count). The van der Waals surface area contributed by atoms with Gasteiger partial charge in [0.25, 0.3) is 5.56 Å². The predicted molar refractivity (Wildman–Crippen MR) is 82.4 cm³/mol. The van der Waals surface area contributed by atoms with E-state index >= 15 is 0 Å². The van der Waals surface area contributed by atoms with Crippen molar-refractivity contribution in [3.63, 3.8) is 0 Å². The number of pyridine rings is 1. The van der Waals surface area contributed by atoms with Gasteiger partial charge in [-0.05, 0) is 50.6 Å². The van der Waals surface area contributed by atoms with E-state index in [2.05, 4.69) is 10.3 Å². The van der Waals surface area contributed by atoms with E-state index in [0.29, 0.717) is 11.3 Å². The lowest BCUT2D eigenvalue weighted by Gasteiger charge is -2.19. The zero-order valence-electron chi connectivity index (χ0n) is 12.3. The van der Waals surface area contributed by atoms with Crippen molar-refractivity contribution in [1.29, 1.82) is 0 Å². The van der Waals surface area contributed by atoms with E-state index in [9.17, 15) is 9.59 Å². The van der Waals surface area contributed by atoms with Gasteiger partial charge < -0.3 is 9.72 Å². The number of aromatic nitrogens is 1. The van der Waals surface area contributed by atoms with Gasteiger partial charge in [-0.25, -0.2) is 4.79 Å². The molecule has 21 heavy (non-hydrogen) atoms. The molecule has 1 aromatic carbocycles. The molecule has 0 saturated carbocycles. The Balaban J connectivity index is 2.11. The van der Waals surface area contributed by atoms with E-state index in [1.54, 1.807) is 63.4 Å². The molecule has 0 aliphatic heterocycles. The molecule has 0 aliphatic rings. The second kappa shape index (κ2) is 5.83. The second-order valence-corrected chi connectivity index (χ2v) is 5.62. The van der Waals surface area contributed by atoms with E-state index in [0.717, 1.165) is 5.56 Å². The highest BCUT2D eigenvalue weighted by atomic mass is 16.6. The number of carbonyl (C=O) groups is 1. The van der Waals surface area contributed by atoms with Crippen LogP contribution in [0.4, 0.5) is 10.5 Å². The minimum absolute atomic E-state index is 0.148. The minimum Gasteiger partial charge on any atom is -0.444 e. The van der Waals surface area contributed by atoms with Crippen molar-refractivity contribution < 1.29 is 9.53 Å². The number of rotatable bonds is 2. The van der Waals surface area contributed by atoms with Crippen molar-refractivity contribution in [2.75, 3.05) is 5.32 Å². The lowest BCUT2D eigenvalue weighted by atomic mass is 10.1. The molecule has 0 bridgehead atoms. The zero-order valence-corrected chi connectivity index (χ0v) is 12.3. The van der Waals surface area contributed by atoms with Gasteiger partial charge in [0.05, 0.1) is 0 Å². The minimum atomic E-state index is -0.540. The van der Waals surface area contributed by atoms with E-state index in [1.165, 1.54) is 0 Å². The Morgan fingerprint density at radius 2 is 1.81 bits per heavy atom. The van der Waals surface area contributed by atoms with Crippen LogP contribution in [-0.2, 0) is 4.74 Å². The van der Waals surface area contributed by atoms with Gasteiger partial charge in [-0.2, -0.15) is 0 Å². The maximum atomic E-state index is 11.7. The van der Waals surface area contributed by atoms with Gasteiger partial charge in [-0.15, -0.1) is 0 Å². The fourth-order valence-corrected chi connectivity index (χ4v) is 1.80. The van der Waals surface area contributed by atoms with Gasteiger partial charge in [0, 0.05) is 17.4 Å². The Morgan fingerprint density at radius 3 is 2.38 bits per heavy atom. The first kappa shape index (κ1) is 14.8. The molecule has 5 heteroatoms. The average Bonchev–Trinajstić information content (AvgIpc) is 2.38. The molecule has 2 aromatic rings. The highest BCUT2D eigenvalue weighted by Crippen LogP contribution is 2.18. The van der Waals surface area contributed by atoms with Gasteiger partial charge >= 0.3 is 6.09 Å². The highest BCUT2D eigenvalue weighted by molar-refractivity contribution is 5.85. The normalized spacial score (nSPS) is 11.0. The number of anilines is 1. The molecule has 0 fully saturated rings. The third-order valence-electron chi connectivity index (χ3n) is 2.66. The number of amides is 1. The summed E-state index contributed by atoms with van der Waals surface area (Å²) in [7, 11) is 0. The number of benzene rings is 1. The number of carbonyl (C=O) groups excluding carboxylic acids is 1. The number of ether oxygens (including phenoxy) is 1. The van der Waals surface area contributed by atoms with E-state index in [1.807, 2.05) is 0 Å². The van der Waals surface area contributed by atoms with Gasteiger partial charge in [-0.3, -0.25) is 10.1 Å². The Labute approximate surface area is 123 Å². The summed E-state index contributed by atoms with van der Waals surface area (Å²) in [6.45, 7) is 5.41. The second-order valence-electron chi connectivity index (χ2n) is 5.62. The number of H-pyrrole nitrogens is 1. The van der Waals surface area contributed by atoms with Crippen LogP contribution >= 0.6 is 0 Å². The standard InChI is InChI=1S/C16H18N2O3/c1-16(2,3)21-15(20)18-12-8-6-11(7-9-12)13-5-4-10-17-14(13)19/h4-10H,1-3H3,(H,17,19)(H,18,20). The van der Waals surface area contributed by atoms with Gasteiger partial charge in [0.15, 0.2) is 0 Å². The average molecular weight is 286 g/mol. The smallest absolute Gasteiger partial charge is 0.412 e. The first-order chi connectivity index (χ1) is 9.85. The summed E-state index contributed by atoms with van der Waals surface area (Å²) in [5.41, 5.74) is 1.29. The predicted octanol–water partition coefficient (Wildman–Crippen LogP) is 3.39. The first-order valence-corrected chi connectivity index (χ1v) is 6.63. The Kier molecular flexibility index (Phi) is 4.12. The molecule has 0 spiro atoms. The molecule has 2 N–H and O–H groups in total. The number of hydrogen-bond donors (Lipinski definition) is 2. The molecular weight excluding hydrogens is 268 g/mol. The topological polar surface area (TPSA) is 71.2 Å². The van der Waals surface area contributed by atoms with Gasteiger partial charge in [-0.1, -0.05) is 12.1 Å². The molecule has 1 aromatic heterocycles. The zero-order chi connectivity index (χ0) is 15.5. The largest absolute Gasteiger partial charge is 0.444 e. The van der Waals surface area contributed by atoms with E-state index < -0.39 is 11.7 Å². The number of nitrogens with one attached hydrogen (secondary N) is 2. The van der Waals surface area contributed by atoms with Crippen molar-refractivity contribution >= 4 is 11.8 Å². The molecule has 1 heterocycles. The molecule has 0 unspecified atom stereocenters. The van der Waals surface area contributed by atoms with Crippen molar-refractivity contribution in [2.24, 2.45) is 0 Å². The summed E-state index contributed by atoms with van der Waals surface area (Å²) in [6, 6.07) is 10.5. The van der Waals surface area contributed by atoms with Crippen molar-refractivity contribution in [3.05, 3.63) is 52.9 Å². The third-order valence-corrected chi connectivity index (χ3v) is 2.66. The maximum Gasteiger partial charge on any atom is 0.412 e. The molecule has 0 atom stereocenters. The van der Waals surface area contributed by atoms with Crippen molar-refractivity contribution in [2.45, 2.75) is 26.4 Å². The molecule has 0 radical (unpaired) electrons.